The Balaban J connectivity index is 1.62. The Morgan fingerprint density at radius 2 is 2.18 bits per heavy atom. The van der Waals surface area contributed by atoms with Crippen LogP contribution in [0, 0.1) is 12.8 Å². The van der Waals surface area contributed by atoms with E-state index in [1.165, 1.54) is 12.5 Å². The summed E-state index contributed by atoms with van der Waals surface area (Å²) >= 11 is 0. The first-order valence-corrected chi connectivity index (χ1v) is 9.08. The number of carbonyl (C=O) groups excluding carboxylic acids is 1. The molecular weight excluding hydrogens is 304 g/mol. The van der Waals surface area contributed by atoms with E-state index < -0.39 is 9.84 Å². The summed E-state index contributed by atoms with van der Waals surface area (Å²) in [5.74, 6) is -0.00360. The van der Waals surface area contributed by atoms with Gasteiger partial charge in [0, 0.05) is 24.7 Å². The van der Waals surface area contributed by atoms with Gasteiger partial charge in [-0.15, -0.1) is 0 Å². The molecule has 0 atom stereocenters. The molecule has 7 nitrogen and oxygen atoms in total. The molecule has 3 rings (SSSR count). The Morgan fingerprint density at radius 3 is 2.86 bits per heavy atom. The van der Waals surface area contributed by atoms with Gasteiger partial charge in [-0.3, -0.25) is 4.79 Å². The summed E-state index contributed by atoms with van der Waals surface area (Å²) in [6, 6.07) is 1.82. The molecule has 0 spiro atoms. The van der Waals surface area contributed by atoms with Crippen LogP contribution in [-0.2, 0) is 9.84 Å². The van der Waals surface area contributed by atoms with Crippen molar-refractivity contribution in [2.45, 2.75) is 25.0 Å². The van der Waals surface area contributed by atoms with Gasteiger partial charge in [-0.1, -0.05) is 0 Å². The molecule has 118 valence electrons. The number of fused-ring (bicyclic) bond motifs is 1. The highest BCUT2D eigenvalue weighted by atomic mass is 32.2. The molecule has 0 saturated heterocycles. The number of sulfone groups is 1. The van der Waals surface area contributed by atoms with Gasteiger partial charge in [-0.05, 0) is 31.7 Å². The molecule has 0 aliphatic heterocycles. The maximum Gasteiger partial charge on any atom is 0.256 e. The molecular formula is C14H18N4O3S. The SMILES string of the molecule is Cc1ccnc2c(C(=O)NCC3CC(S(C)(=O)=O)C3)cnn12. The van der Waals surface area contributed by atoms with E-state index in [0.717, 1.165) is 5.69 Å². The lowest BCUT2D eigenvalue weighted by molar-refractivity contribution is 0.0941. The predicted molar refractivity (Wildman–Crippen MR) is 81.4 cm³/mol. The molecule has 1 N–H and O–H groups in total. The minimum absolute atomic E-state index is 0.222. The van der Waals surface area contributed by atoms with Gasteiger partial charge in [0.05, 0.1) is 11.4 Å². The lowest BCUT2D eigenvalue weighted by atomic mass is 9.85. The zero-order valence-electron chi connectivity index (χ0n) is 12.5. The Kier molecular flexibility index (Phi) is 3.64. The first kappa shape index (κ1) is 15.0. The zero-order chi connectivity index (χ0) is 15.9. The average molecular weight is 322 g/mol. The number of amides is 1. The largest absolute Gasteiger partial charge is 0.352 e. The highest BCUT2D eigenvalue weighted by molar-refractivity contribution is 7.91. The molecule has 0 radical (unpaired) electrons. The van der Waals surface area contributed by atoms with Gasteiger partial charge in [0.25, 0.3) is 5.91 Å². The van der Waals surface area contributed by atoms with E-state index in [1.54, 1.807) is 10.7 Å². The molecule has 1 fully saturated rings. The second-order valence-corrected chi connectivity index (χ2v) is 8.20. The summed E-state index contributed by atoms with van der Waals surface area (Å²) in [5.41, 5.74) is 1.86. The van der Waals surface area contributed by atoms with Crippen molar-refractivity contribution in [3.63, 3.8) is 0 Å². The van der Waals surface area contributed by atoms with Crippen LogP contribution in [0.3, 0.4) is 0 Å². The molecule has 2 aromatic rings. The maximum absolute atomic E-state index is 12.2. The van der Waals surface area contributed by atoms with Crippen LogP contribution in [0.1, 0.15) is 28.9 Å². The highest BCUT2D eigenvalue weighted by Gasteiger charge is 2.36. The minimum atomic E-state index is -2.95. The van der Waals surface area contributed by atoms with Crippen molar-refractivity contribution in [1.82, 2.24) is 19.9 Å². The van der Waals surface area contributed by atoms with E-state index >= 15 is 0 Å². The van der Waals surface area contributed by atoms with Crippen molar-refractivity contribution in [3.8, 4) is 0 Å². The third-order valence-electron chi connectivity index (χ3n) is 4.18. The van der Waals surface area contributed by atoms with Crippen LogP contribution >= 0.6 is 0 Å². The van der Waals surface area contributed by atoms with E-state index in [2.05, 4.69) is 15.4 Å². The maximum atomic E-state index is 12.2. The second-order valence-electron chi connectivity index (χ2n) is 5.88. The summed E-state index contributed by atoms with van der Waals surface area (Å²) in [7, 11) is -2.95. The number of hydrogen-bond donors (Lipinski definition) is 1. The van der Waals surface area contributed by atoms with Crippen molar-refractivity contribution in [3.05, 3.63) is 29.7 Å². The summed E-state index contributed by atoms with van der Waals surface area (Å²) in [4.78, 5) is 16.4. The van der Waals surface area contributed by atoms with Crippen molar-refractivity contribution in [2.24, 2.45) is 5.92 Å². The Labute approximate surface area is 128 Å². The van der Waals surface area contributed by atoms with Crippen LogP contribution in [0.15, 0.2) is 18.5 Å². The molecule has 1 aliphatic carbocycles. The molecule has 2 heterocycles. The van der Waals surface area contributed by atoms with Gasteiger partial charge in [-0.25, -0.2) is 17.9 Å². The summed E-state index contributed by atoms with van der Waals surface area (Å²) < 4.78 is 24.3. The quantitative estimate of drug-likeness (QED) is 0.889. The van der Waals surface area contributed by atoms with E-state index in [4.69, 9.17) is 0 Å². The molecule has 1 aliphatic rings. The number of aryl methyl sites for hydroxylation is 1. The molecule has 1 saturated carbocycles. The van der Waals surface area contributed by atoms with Crippen molar-refractivity contribution in [1.29, 1.82) is 0 Å². The van der Waals surface area contributed by atoms with Crippen molar-refractivity contribution < 1.29 is 13.2 Å². The number of nitrogens with one attached hydrogen (secondary N) is 1. The number of carbonyl (C=O) groups is 1. The minimum Gasteiger partial charge on any atom is -0.352 e. The van der Waals surface area contributed by atoms with E-state index in [-0.39, 0.29) is 17.1 Å². The molecule has 0 unspecified atom stereocenters. The van der Waals surface area contributed by atoms with E-state index in [9.17, 15) is 13.2 Å². The number of nitrogens with zero attached hydrogens (tertiary/aromatic N) is 3. The lowest BCUT2D eigenvalue weighted by Gasteiger charge is -2.33. The number of hydrogen-bond acceptors (Lipinski definition) is 5. The summed E-state index contributed by atoms with van der Waals surface area (Å²) in [6.45, 7) is 2.37. The fourth-order valence-electron chi connectivity index (χ4n) is 2.69. The van der Waals surface area contributed by atoms with Crippen molar-refractivity contribution in [2.75, 3.05) is 12.8 Å². The first-order chi connectivity index (χ1) is 10.4. The van der Waals surface area contributed by atoms with Crippen molar-refractivity contribution >= 4 is 21.4 Å². The molecule has 0 aromatic carbocycles. The topological polar surface area (TPSA) is 93.4 Å². The summed E-state index contributed by atoms with van der Waals surface area (Å²) in [5, 5.41) is 6.75. The smallest absolute Gasteiger partial charge is 0.256 e. The van der Waals surface area contributed by atoms with E-state index in [0.29, 0.717) is 30.6 Å². The van der Waals surface area contributed by atoms with Crippen LogP contribution in [0.25, 0.3) is 5.65 Å². The molecule has 8 heteroatoms. The monoisotopic (exact) mass is 322 g/mol. The second kappa shape index (κ2) is 5.35. The van der Waals surface area contributed by atoms with Gasteiger partial charge < -0.3 is 5.32 Å². The van der Waals surface area contributed by atoms with Gasteiger partial charge in [0.1, 0.15) is 15.4 Å². The molecule has 22 heavy (non-hydrogen) atoms. The first-order valence-electron chi connectivity index (χ1n) is 7.12. The highest BCUT2D eigenvalue weighted by Crippen LogP contribution is 2.32. The number of aromatic nitrogens is 3. The lowest BCUT2D eigenvalue weighted by Crippen LogP contribution is -2.41. The third kappa shape index (κ3) is 2.70. The van der Waals surface area contributed by atoms with Crippen LogP contribution < -0.4 is 5.32 Å². The Hall–Kier alpha value is -1.96. The van der Waals surface area contributed by atoms with Gasteiger partial charge in [0.2, 0.25) is 0 Å². The Bertz CT molecular complexity index is 822. The normalized spacial score (nSPS) is 21.5. The fourth-order valence-corrected chi connectivity index (χ4v) is 3.94. The Morgan fingerprint density at radius 1 is 1.45 bits per heavy atom. The molecule has 2 aromatic heterocycles. The van der Waals surface area contributed by atoms with Gasteiger partial charge in [0.15, 0.2) is 5.65 Å². The molecule has 1 amide bonds. The standard InChI is InChI=1S/C14H18N4O3S/c1-9-3-4-15-13-12(8-17-18(9)13)14(19)16-7-10-5-11(6-10)22(2,20)21/h3-4,8,10-11H,5-7H2,1-2H3,(H,16,19). The van der Waals surface area contributed by atoms with Crippen LogP contribution in [-0.4, -0.2) is 47.0 Å². The fraction of sp³-hybridized carbons (Fsp3) is 0.500. The van der Waals surface area contributed by atoms with Crippen LogP contribution in [0.2, 0.25) is 0 Å². The third-order valence-corrected chi connectivity index (χ3v) is 5.78. The van der Waals surface area contributed by atoms with Gasteiger partial charge in [-0.2, -0.15) is 5.10 Å². The summed E-state index contributed by atoms with van der Waals surface area (Å²) in [6.07, 6.45) is 5.65. The van der Waals surface area contributed by atoms with Gasteiger partial charge >= 0.3 is 0 Å². The average Bonchev–Trinajstić information content (AvgIpc) is 2.80. The van der Waals surface area contributed by atoms with Crippen LogP contribution in [0.4, 0.5) is 0 Å². The van der Waals surface area contributed by atoms with Crippen LogP contribution in [0.5, 0.6) is 0 Å². The molecule has 0 bridgehead atoms. The zero-order valence-corrected chi connectivity index (χ0v) is 13.3. The predicted octanol–water partition coefficient (Wildman–Crippen LogP) is 0.591. The van der Waals surface area contributed by atoms with E-state index in [1.807, 2.05) is 13.0 Å². The number of rotatable bonds is 4.